The average molecular weight is 330 g/mol. The van der Waals surface area contributed by atoms with E-state index < -0.39 is 16.3 Å². The Morgan fingerprint density at radius 1 is 1.58 bits per heavy atom. The van der Waals surface area contributed by atoms with Crippen LogP contribution in [0.1, 0.15) is 12.0 Å². The number of nitrogens with zero attached hydrogens (tertiary/aromatic N) is 1. The van der Waals surface area contributed by atoms with Crippen molar-refractivity contribution in [3.63, 3.8) is 0 Å². The molecule has 1 heterocycles. The van der Waals surface area contributed by atoms with Gasteiger partial charge in [0.15, 0.2) is 0 Å². The molecule has 0 aromatic heterocycles. The molecule has 7 heteroatoms. The van der Waals surface area contributed by atoms with Crippen LogP contribution in [0.25, 0.3) is 0 Å². The maximum atomic E-state index is 11.4. The van der Waals surface area contributed by atoms with E-state index in [1.807, 2.05) is 0 Å². The Kier molecular flexibility index (Phi) is 3.86. The van der Waals surface area contributed by atoms with E-state index in [1.54, 1.807) is 12.1 Å². The van der Waals surface area contributed by atoms with Crippen molar-refractivity contribution in [2.75, 3.05) is 13.2 Å². The van der Waals surface area contributed by atoms with Crippen molar-refractivity contribution in [2.24, 2.45) is 5.41 Å². The van der Waals surface area contributed by atoms with Gasteiger partial charge < -0.3 is 9.84 Å². The molecule has 1 aliphatic heterocycles. The maximum Gasteiger partial charge on any atom is 0.312 e. The van der Waals surface area contributed by atoms with E-state index in [-0.39, 0.29) is 18.7 Å². The molecule has 102 valence electrons. The molecule has 1 N–H and O–H groups in total. The molecular formula is C12H12BrNO5. The second kappa shape index (κ2) is 5.26. The first-order valence-electron chi connectivity index (χ1n) is 5.69. The number of carboxylic acids is 1. The van der Waals surface area contributed by atoms with Gasteiger partial charge in [0.1, 0.15) is 0 Å². The number of rotatable bonds is 4. The minimum Gasteiger partial charge on any atom is -0.481 e. The van der Waals surface area contributed by atoms with Crippen molar-refractivity contribution in [2.45, 2.75) is 12.8 Å². The van der Waals surface area contributed by atoms with Crippen molar-refractivity contribution < 1.29 is 19.6 Å². The van der Waals surface area contributed by atoms with Gasteiger partial charge in [-0.05, 0) is 18.9 Å². The molecule has 0 spiro atoms. The fraction of sp³-hybridized carbons (Fsp3) is 0.417. The van der Waals surface area contributed by atoms with Crippen molar-refractivity contribution in [3.8, 4) is 0 Å². The van der Waals surface area contributed by atoms with Crippen LogP contribution in [0.4, 0.5) is 5.69 Å². The van der Waals surface area contributed by atoms with E-state index in [0.717, 1.165) is 0 Å². The van der Waals surface area contributed by atoms with Crippen LogP contribution in [0.5, 0.6) is 0 Å². The fourth-order valence-corrected chi connectivity index (χ4v) is 2.56. The molecule has 6 nitrogen and oxygen atoms in total. The second-order valence-corrected chi connectivity index (χ2v) is 5.51. The lowest BCUT2D eigenvalue weighted by atomic mass is 9.80. The van der Waals surface area contributed by atoms with Gasteiger partial charge in [0, 0.05) is 22.7 Å². The summed E-state index contributed by atoms with van der Waals surface area (Å²) in [7, 11) is 0. The van der Waals surface area contributed by atoms with E-state index in [0.29, 0.717) is 23.1 Å². The third kappa shape index (κ3) is 2.76. The second-order valence-electron chi connectivity index (χ2n) is 4.59. The van der Waals surface area contributed by atoms with Crippen LogP contribution in [-0.4, -0.2) is 29.2 Å². The van der Waals surface area contributed by atoms with Gasteiger partial charge in [-0.3, -0.25) is 14.9 Å². The third-order valence-corrected chi connectivity index (χ3v) is 3.82. The predicted molar refractivity (Wildman–Crippen MR) is 70.0 cm³/mol. The van der Waals surface area contributed by atoms with Crippen molar-refractivity contribution >= 4 is 27.6 Å². The summed E-state index contributed by atoms with van der Waals surface area (Å²) in [5.74, 6) is -0.970. The van der Waals surface area contributed by atoms with E-state index in [4.69, 9.17) is 4.74 Å². The number of halogens is 1. The number of benzene rings is 1. The molecule has 1 fully saturated rings. The highest BCUT2D eigenvalue weighted by Gasteiger charge is 2.43. The first-order valence-corrected chi connectivity index (χ1v) is 6.48. The van der Waals surface area contributed by atoms with Gasteiger partial charge in [-0.2, -0.15) is 0 Å². The maximum absolute atomic E-state index is 11.4. The Morgan fingerprint density at radius 2 is 2.32 bits per heavy atom. The predicted octanol–water partition coefficient (Wildman–Crippen LogP) is 2.39. The quantitative estimate of drug-likeness (QED) is 0.676. The summed E-state index contributed by atoms with van der Waals surface area (Å²) in [5, 5.41) is 20.4. The summed E-state index contributed by atoms with van der Waals surface area (Å²) in [5.41, 5.74) is -0.707. The minimum atomic E-state index is -1.06. The summed E-state index contributed by atoms with van der Waals surface area (Å²) in [6.45, 7) is 0.464. The highest BCUT2D eigenvalue weighted by atomic mass is 79.9. The van der Waals surface area contributed by atoms with Crippen LogP contribution in [0.3, 0.4) is 0 Å². The summed E-state index contributed by atoms with van der Waals surface area (Å²) in [6, 6.07) is 4.65. The lowest BCUT2D eigenvalue weighted by Gasteiger charge is -2.21. The molecule has 0 amide bonds. The number of hydrogen-bond donors (Lipinski definition) is 1. The highest BCUT2D eigenvalue weighted by Crippen LogP contribution is 2.36. The van der Waals surface area contributed by atoms with Gasteiger partial charge in [-0.25, -0.2) is 0 Å². The molecule has 0 radical (unpaired) electrons. The van der Waals surface area contributed by atoms with Crippen LogP contribution in [0.15, 0.2) is 22.7 Å². The summed E-state index contributed by atoms with van der Waals surface area (Å²) in [4.78, 5) is 22.0. The zero-order chi connectivity index (χ0) is 14.0. The Balaban J connectivity index is 2.37. The zero-order valence-corrected chi connectivity index (χ0v) is 11.6. The molecule has 1 aliphatic rings. The van der Waals surface area contributed by atoms with Crippen LogP contribution in [0, 0.1) is 15.5 Å². The SMILES string of the molecule is O=C(O)C1(Cc2ccc(Br)cc2[N+](=O)[O-])CCOC1. The largest absolute Gasteiger partial charge is 0.481 e. The van der Waals surface area contributed by atoms with E-state index in [1.165, 1.54) is 6.07 Å². The smallest absolute Gasteiger partial charge is 0.312 e. The number of hydrogen-bond acceptors (Lipinski definition) is 4. The van der Waals surface area contributed by atoms with Crippen LogP contribution in [0.2, 0.25) is 0 Å². The molecule has 1 aromatic carbocycles. The first kappa shape index (κ1) is 14.0. The van der Waals surface area contributed by atoms with E-state index >= 15 is 0 Å². The number of carboxylic acid groups (broad SMARTS) is 1. The summed E-state index contributed by atoms with van der Waals surface area (Å²) < 4.78 is 5.75. The highest BCUT2D eigenvalue weighted by molar-refractivity contribution is 9.10. The van der Waals surface area contributed by atoms with Crippen LogP contribution in [-0.2, 0) is 16.0 Å². The standard InChI is InChI=1S/C12H12BrNO5/c13-9-2-1-8(10(5-9)14(17)18)6-12(11(15)16)3-4-19-7-12/h1-2,5H,3-4,6-7H2,(H,15,16). The van der Waals surface area contributed by atoms with Crippen molar-refractivity contribution in [3.05, 3.63) is 38.3 Å². The molecular weight excluding hydrogens is 318 g/mol. The van der Waals surface area contributed by atoms with Crippen molar-refractivity contribution in [1.29, 1.82) is 0 Å². The Labute approximate surface area is 117 Å². The minimum absolute atomic E-state index is 0.0677. The molecule has 0 saturated carbocycles. The lowest BCUT2D eigenvalue weighted by molar-refractivity contribution is -0.385. The summed E-state index contributed by atoms with van der Waals surface area (Å²) >= 11 is 3.17. The molecule has 0 bridgehead atoms. The van der Waals surface area contributed by atoms with E-state index in [2.05, 4.69) is 15.9 Å². The molecule has 0 aliphatic carbocycles. The number of nitro groups is 1. The zero-order valence-electron chi connectivity index (χ0n) is 9.97. The average Bonchev–Trinajstić information content (AvgIpc) is 2.81. The molecule has 1 saturated heterocycles. The first-order chi connectivity index (χ1) is 8.94. The number of carbonyl (C=O) groups is 1. The van der Waals surface area contributed by atoms with Gasteiger partial charge in [0.05, 0.1) is 16.9 Å². The van der Waals surface area contributed by atoms with Gasteiger partial charge in [-0.15, -0.1) is 0 Å². The number of ether oxygens (including phenoxy) is 1. The Morgan fingerprint density at radius 3 is 2.84 bits per heavy atom. The molecule has 1 aromatic rings. The normalized spacial score (nSPS) is 22.4. The lowest BCUT2D eigenvalue weighted by Crippen LogP contribution is -2.34. The van der Waals surface area contributed by atoms with Crippen LogP contribution >= 0.6 is 15.9 Å². The Hall–Kier alpha value is -1.47. The fourth-order valence-electron chi connectivity index (χ4n) is 2.21. The molecule has 1 atom stereocenters. The number of nitro benzene ring substituents is 1. The van der Waals surface area contributed by atoms with Crippen molar-refractivity contribution in [1.82, 2.24) is 0 Å². The van der Waals surface area contributed by atoms with Crippen LogP contribution < -0.4 is 0 Å². The topological polar surface area (TPSA) is 89.7 Å². The number of aliphatic carboxylic acids is 1. The monoisotopic (exact) mass is 329 g/mol. The van der Waals surface area contributed by atoms with Gasteiger partial charge in [0.25, 0.3) is 5.69 Å². The molecule has 1 unspecified atom stereocenters. The van der Waals surface area contributed by atoms with Gasteiger partial charge in [-0.1, -0.05) is 22.0 Å². The van der Waals surface area contributed by atoms with Gasteiger partial charge >= 0.3 is 5.97 Å². The van der Waals surface area contributed by atoms with Gasteiger partial charge in [0.2, 0.25) is 0 Å². The summed E-state index contributed by atoms with van der Waals surface area (Å²) in [6.07, 6.45) is 0.474. The Bertz CT molecular complexity index is 525. The molecule has 19 heavy (non-hydrogen) atoms. The van der Waals surface area contributed by atoms with E-state index in [9.17, 15) is 20.0 Å². The molecule has 2 rings (SSSR count). The third-order valence-electron chi connectivity index (χ3n) is 3.33.